The molecule has 1 heterocycles. The highest BCUT2D eigenvalue weighted by Gasteiger charge is 2.20. The molecule has 1 aliphatic carbocycles. The summed E-state index contributed by atoms with van der Waals surface area (Å²) in [6.45, 7) is 6.47. The van der Waals surface area contributed by atoms with Crippen LogP contribution in [-0.2, 0) is 4.74 Å². The van der Waals surface area contributed by atoms with Gasteiger partial charge in [0, 0.05) is 19.8 Å². The third kappa shape index (κ3) is 5.25. The lowest BCUT2D eigenvalue weighted by molar-refractivity contribution is 0.124. The lowest BCUT2D eigenvalue weighted by Gasteiger charge is -2.13. The first-order valence-electron chi connectivity index (χ1n) is 7.40. The predicted octanol–water partition coefficient (Wildman–Crippen LogP) is 2.68. The van der Waals surface area contributed by atoms with Crippen LogP contribution in [0.4, 0.5) is 11.5 Å². The molecule has 1 aromatic rings. The number of pyridine rings is 1. The molecule has 1 saturated carbocycles. The molecular weight excluding hydrogens is 254 g/mol. The van der Waals surface area contributed by atoms with Crippen LogP contribution in [0.3, 0.4) is 0 Å². The lowest BCUT2D eigenvalue weighted by Crippen LogP contribution is -2.11. The van der Waals surface area contributed by atoms with Crippen LogP contribution in [0.5, 0.6) is 5.88 Å². The summed E-state index contributed by atoms with van der Waals surface area (Å²) in [5.41, 5.74) is 6.40. The predicted molar refractivity (Wildman–Crippen MR) is 81.1 cm³/mol. The monoisotopic (exact) mass is 279 g/mol. The number of ether oxygens (including phenoxy) is 2. The van der Waals surface area contributed by atoms with Crippen LogP contribution in [0.2, 0.25) is 0 Å². The molecule has 3 N–H and O–H groups in total. The van der Waals surface area contributed by atoms with Crippen LogP contribution in [0.1, 0.15) is 33.1 Å². The van der Waals surface area contributed by atoms with E-state index in [2.05, 4.69) is 10.3 Å². The highest BCUT2D eigenvalue weighted by molar-refractivity contribution is 5.53. The van der Waals surface area contributed by atoms with Crippen LogP contribution >= 0.6 is 0 Å². The number of rotatable bonds is 9. The third-order valence-electron chi connectivity index (χ3n) is 3.06. The van der Waals surface area contributed by atoms with Crippen molar-refractivity contribution >= 4 is 11.5 Å². The topological polar surface area (TPSA) is 69.4 Å². The second-order valence-corrected chi connectivity index (χ2v) is 5.56. The number of nitrogens with zero attached hydrogens (tertiary/aromatic N) is 1. The van der Waals surface area contributed by atoms with Gasteiger partial charge in [0.15, 0.2) is 0 Å². The molecule has 0 unspecified atom stereocenters. The van der Waals surface area contributed by atoms with E-state index >= 15 is 0 Å². The molecule has 0 aliphatic heterocycles. The zero-order valence-corrected chi connectivity index (χ0v) is 12.4. The highest BCUT2D eigenvalue weighted by Crippen LogP contribution is 2.28. The van der Waals surface area contributed by atoms with E-state index in [1.807, 2.05) is 26.0 Å². The van der Waals surface area contributed by atoms with Crippen molar-refractivity contribution in [2.24, 2.45) is 5.92 Å². The minimum atomic E-state index is 0.0656. The molecule has 5 heteroatoms. The van der Waals surface area contributed by atoms with Gasteiger partial charge in [-0.25, -0.2) is 0 Å². The SMILES string of the molecule is CC(C)Oc1nc(NCCCOCC2CC2)ccc1N. The fraction of sp³-hybridized carbons (Fsp3) is 0.667. The average molecular weight is 279 g/mol. The first kappa shape index (κ1) is 14.9. The molecule has 0 spiro atoms. The molecule has 0 saturated heterocycles. The summed E-state index contributed by atoms with van der Waals surface area (Å²) in [4.78, 5) is 4.37. The van der Waals surface area contributed by atoms with E-state index in [4.69, 9.17) is 15.2 Å². The second-order valence-electron chi connectivity index (χ2n) is 5.56. The molecule has 2 rings (SSSR count). The number of hydrogen-bond donors (Lipinski definition) is 2. The molecule has 0 radical (unpaired) electrons. The number of aromatic nitrogens is 1. The average Bonchev–Trinajstić information content (AvgIpc) is 3.21. The Kier molecular flexibility index (Phi) is 5.47. The molecule has 112 valence electrons. The molecule has 1 aliphatic rings. The normalized spacial score (nSPS) is 14.6. The first-order chi connectivity index (χ1) is 9.65. The van der Waals surface area contributed by atoms with Crippen molar-refractivity contribution in [1.29, 1.82) is 0 Å². The third-order valence-corrected chi connectivity index (χ3v) is 3.06. The van der Waals surface area contributed by atoms with Gasteiger partial charge in [-0.1, -0.05) is 0 Å². The number of nitrogens with one attached hydrogen (secondary N) is 1. The van der Waals surface area contributed by atoms with Gasteiger partial charge >= 0.3 is 0 Å². The summed E-state index contributed by atoms with van der Waals surface area (Å²) >= 11 is 0. The second kappa shape index (κ2) is 7.33. The van der Waals surface area contributed by atoms with Crippen molar-refractivity contribution in [2.45, 2.75) is 39.2 Å². The summed E-state index contributed by atoms with van der Waals surface area (Å²) in [7, 11) is 0. The molecule has 0 bridgehead atoms. The maximum atomic E-state index is 5.83. The van der Waals surface area contributed by atoms with Crippen LogP contribution < -0.4 is 15.8 Å². The van der Waals surface area contributed by atoms with Crippen molar-refractivity contribution in [1.82, 2.24) is 4.98 Å². The van der Waals surface area contributed by atoms with Crippen LogP contribution in [0.25, 0.3) is 0 Å². The Morgan fingerprint density at radius 2 is 2.20 bits per heavy atom. The van der Waals surface area contributed by atoms with Crippen molar-refractivity contribution in [3.63, 3.8) is 0 Å². The molecule has 0 aromatic carbocycles. The molecule has 1 fully saturated rings. The first-order valence-corrected chi connectivity index (χ1v) is 7.40. The van der Waals surface area contributed by atoms with E-state index in [-0.39, 0.29) is 6.10 Å². The van der Waals surface area contributed by atoms with Crippen LogP contribution in [0, 0.1) is 5.92 Å². The highest BCUT2D eigenvalue weighted by atomic mass is 16.5. The van der Waals surface area contributed by atoms with Crippen molar-refractivity contribution in [3.05, 3.63) is 12.1 Å². The van der Waals surface area contributed by atoms with Crippen molar-refractivity contribution < 1.29 is 9.47 Å². The van der Waals surface area contributed by atoms with Gasteiger partial charge in [-0.05, 0) is 51.2 Å². The van der Waals surface area contributed by atoms with Gasteiger partial charge in [-0.3, -0.25) is 0 Å². The standard InChI is InChI=1S/C15H25N3O2/c1-11(2)20-15-13(16)6-7-14(18-15)17-8-3-9-19-10-12-4-5-12/h6-7,11-12H,3-5,8-10,16H2,1-2H3,(H,17,18). The van der Waals surface area contributed by atoms with Crippen LogP contribution in [-0.4, -0.2) is 30.8 Å². The Balaban J connectivity index is 1.68. The van der Waals surface area contributed by atoms with Gasteiger partial charge in [-0.2, -0.15) is 4.98 Å². The Labute approximate surface area is 120 Å². The van der Waals surface area contributed by atoms with Crippen LogP contribution in [0.15, 0.2) is 12.1 Å². The molecule has 20 heavy (non-hydrogen) atoms. The maximum absolute atomic E-state index is 5.83. The lowest BCUT2D eigenvalue weighted by atomic mass is 10.3. The zero-order chi connectivity index (χ0) is 14.4. The number of anilines is 2. The molecule has 0 atom stereocenters. The van der Waals surface area contributed by atoms with Gasteiger partial charge in [0.1, 0.15) is 5.82 Å². The Bertz CT molecular complexity index is 420. The van der Waals surface area contributed by atoms with Gasteiger partial charge in [0.2, 0.25) is 5.88 Å². The van der Waals surface area contributed by atoms with E-state index in [1.54, 1.807) is 0 Å². The maximum Gasteiger partial charge on any atom is 0.239 e. The summed E-state index contributed by atoms with van der Waals surface area (Å²) in [5.74, 6) is 2.12. The molecule has 0 amide bonds. The fourth-order valence-corrected chi connectivity index (χ4v) is 1.79. The van der Waals surface area contributed by atoms with E-state index in [0.717, 1.165) is 37.9 Å². The largest absolute Gasteiger partial charge is 0.473 e. The summed E-state index contributed by atoms with van der Waals surface area (Å²) in [6.07, 6.45) is 3.72. The smallest absolute Gasteiger partial charge is 0.239 e. The van der Waals surface area contributed by atoms with Gasteiger partial charge in [0.05, 0.1) is 11.8 Å². The molecular formula is C15H25N3O2. The Morgan fingerprint density at radius 3 is 2.90 bits per heavy atom. The molecule has 5 nitrogen and oxygen atoms in total. The quantitative estimate of drug-likeness (QED) is 0.680. The number of nitrogens with two attached hydrogens (primary N) is 1. The zero-order valence-electron chi connectivity index (χ0n) is 12.4. The number of hydrogen-bond acceptors (Lipinski definition) is 5. The molecule has 1 aromatic heterocycles. The minimum Gasteiger partial charge on any atom is -0.473 e. The van der Waals surface area contributed by atoms with E-state index in [0.29, 0.717) is 11.6 Å². The van der Waals surface area contributed by atoms with Crippen molar-refractivity contribution in [3.8, 4) is 5.88 Å². The number of nitrogen functional groups attached to an aromatic ring is 1. The Hall–Kier alpha value is -1.49. The summed E-state index contributed by atoms with van der Waals surface area (Å²) < 4.78 is 11.1. The Morgan fingerprint density at radius 1 is 1.40 bits per heavy atom. The summed E-state index contributed by atoms with van der Waals surface area (Å²) in [6, 6.07) is 3.68. The van der Waals surface area contributed by atoms with Crippen molar-refractivity contribution in [2.75, 3.05) is 30.8 Å². The van der Waals surface area contributed by atoms with Gasteiger partial charge in [0.25, 0.3) is 0 Å². The minimum absolute atomic E-state index is 0.0656. The van der Waals surface area contributed by atoms with E-state index in [9.17, 15) is 0 Å². The van der Waals surface area contributed by atoms with E-state index in [1.165, 1.54) is 12.8 Å². The van der Waals surface area contributed by atoms with E-state index < -0.39 is 0 Å². The van der Waals surface area contributed by atoms with Gasteiger partial charge < -0.3 is 20.5 Å². The fourth-order valence-electron chi connectivity index (χ4n) is 1.79. The summed E-state index contributed by atoms with van der Waals surface area (Å²) in [5, 5.41) is 3.26. The van der Waals surface area contributed by atoms with Gasteiger partial charge in [-0.15, -0.1) is 0 Å².